The first kappa shape index (κ1) is 22.7. The van der Waals surface area contributed by atoms with Crippen molar-refractivity contribution in [3.63, 3.8) is 0 Å². The Morgan fingerprint density at radius 2 is 1.33 bits per heavy atom. The van der Waals surface area contributed by atoms with E-state index in [2.05, 4.69) is 108 Å². The van der Waals surface area contributed by atoms with E-state index in [9.17, 15) is 0 Å². The molecule has 0 N–H and O–H groups in total. The Balaban J connectivity index is 1.05. The van der Waals surface area contributed by atoms with Gasteiger partial charge in [-0.2, -0.15) is 0 Å². The molecule has 6 atom stereocenters. The molecule has 1 aromatic heterocycles. The van der Waals surface area contributed by atoms with Crippen LogP contribution in [0.3, 0.4) is 0 Å². The number of aromatic nitrogens is 1. The summed E-state index contributed by atoms with van der Waals surface area (Å²) in [5.41, 5.74) is 13.4. The minimum absolute atomic E-state index is 0.236. The first-order chi connectivity index (χ1) is 20.7. The van der Waals surface area contributed by atoms with Crippen LogP contribution in [0.2, 0.25) is 5.02 Å². The molecule has 2 bridgehead atoms. The van der Waals surface area contributed by atoms with Crippen LogP contribution in [0.4, 0.5) is 0 Å². The highest BCUT2D eigenvalue weighted by atomic mass is 35.5. The zero-order chi connectivity index (χ0) is 27.4. The minimum atomic E-state index is 0.236. The average Bonchev–Trinajstić information content (AvgIpc) is 3.71. The van der Waals surface area contributed by atoms with Crippen molar-refractivity contribution in [1.29, 1.82) is 0 Å². The van der Waals surface area contributed by atoms with Gasteiger partial charge in [-0.15, -0.1) is 0 Å². The number of nitrogens with zero attached hydrogens (tertiary/aromatic N) is 1. The average molecular weight is 560 g/mol. The Hall–Kier alpha value is -3.81. The van der Waals surface area contributed by atoms with Crippen LogP contribution in [0.25, 0.3) is 49.7 Å². The van der Waals surface area contributed by atoms with Gasteiger partial charge in [0.15, 0.2) is 0 Å². The predicted octanol–water partition coefficient (Wildman–Crippen LogP) is 10.4. The smallest absolute Gasteiger partial charge is 0.0542 e. The lowest BCUT2D eigenvalue weighted by Crippen LogP contribution is -2.65. The summed E-state index contributed by atoms with van der Waals surface area (Å²) >= 11 is 6.42. The van der Waals surface area contributed by atoms with Crippen molar-refractivity contribution in [2.45, 2.75) is 31.1 Å². The molecule has 5 aliphatic carbocycles. The van der Waals surface area contributed by atoms with E-state index in [1.165, 1.54) is 75.4 Å². The third-order valence-corrected chi connectivity index (χ3v) is 13.1. The quantitative estimate of drug-likeness (QED) is 0.199. The van der Waals surface area contributed by atoms with Crippen molar-refractivity contribution in [3.05, 3.63) is 125 Å². The van der Waals surface area contributed by atoms with E-state index < -0.39 is 0 Å². The highest BCUT2D eigenvalue weighted by Crippen LogP contribution is 2.88. The zero-order valence-electron chi connectivity index (χ0n) is 23.4. The summed E-state index contributed by atoms with van der Waals surface area (Å²) in [7, 11) is 0. The molecule has 0 amide bonds. The summed E-state index contributed by atoms with van der Waals surface area (Å²) in [6.45, 7) is 0. The molecule has 1 nitrogen and oxygen atoms in total. The molecule has 0 aliphatic heterocycles. The van der Waals surface area contributed by atoms with Crippen molar-refractivity contribution < 1.29 is 0 Å². The lowest BCUT2D eigenvalue weighted by molar-refractivity contribution is -0.193. The fourth-order valence-electron chi connectivity index (χ4n) is 11.4. The maximum Gasteiger partial charge on any atom is 0.0542 e. The van der Waals surface area contributed by atoms with Gasteiger partial charge in [-0.25, -0.2) is 0 Å². The lowest BCUT2D eigenvalue weighted by atomic mass is 9.34. The Morgan fingerprint density at radius 3 is 2.21 bits per heavy atom. The monoisotopic (exact) mass is 559 g/mol. The normalized spacial score (nSPS) is 30.8. The van der Waals surface area contributed by atoms with Gasteiger partial charge in [0.2, 0.25) is 0 Å². The number of benzene rings is 5. The summed E-state index contributed by atoms with van der Waals surface area (Å²) < 4.78 is 2.37. The molecule has 0 radical (unpaired) electrons. The second-order valence-corrected chi connectivity index (χ2v) is 14.3. The molecule has 202 valence electrons. The third kappa shape index (κ3) is 2.38. The van der Waals surface area contributed by atoms with Gasteiger partial charge >= 0.3 is 0 Å². The fraction of sp³-hybridized carbons (Fsp3) is 0.250. The lowest BCUT2D eigenvalue weighted by Gasteiger charge is -2.70. The summed E-state index contributed by atoms with van der Waals surface area (Å²) in [6.07, 6.45) is 5.89. The second-order valence-electron chi connectivity index (χ2n) is 13.9. The number of rotatable bonds is 2. The van der Waals surface area contributed by atoms with Crippen LogP contribution in [0.15, 0.2) is 109 Å². The summed E-state index contributed by atoms with van der Waals surface area (Å²) in [6, 6.07) is 41.0. The molecule has 6 unspecified atom stereocenters. The van der Waals surface area contributed by atoms with Crippen molar-refractivity contribution >= 4 is 33.4 Å². The second kappa shape index (κ2) is 7.39. The molecule has 6 aromatic rings. The zero-order valence-corrected chi connectivity index (χ0v) is 24.1. The Labute approximate surface area is 250 Å². The van der Waals surface area contributed by atoms with Gasteiger partial charge in [0.05, 0.1) is 11.0 Å². The maximum atomic E-state index is 6.42. The van der Waals surface area contributed by atoms with E-state index >= 15 is 0 Å². The van der Waals surface area contributed by atoms with Crippen molar-refractivity contribution in [2.24, 2.45) is 29.1 Å². The van der Waals surface area contributed by atoms with E-state index in [0.29, 0.717) is 5.41 Å². The molecule has 42 heavy (non-hydrogen) atoms. The van der Waals surface area contributed by atoms with Crippen molar-refractivity contribution in [2.75, 3.05) is 0 Å². The predicted molar refractivity (Wildman–Crippen MR) is 172 cm³/mol. The standard InChI is InChI=1S/C40H30ClN/c41-28-12-16-37-33(21-28)32-6-2-4-8-36(32)42(37)29-13-9-23(10-14-29)24-11-15-31-30-5-1-3-7-34(30)40(35(31)17-24)27-19-25-18-26-20-38(40)39(25,26)22-27/h1-17,21,25-27,38H,18-20,22H2. The molecule has 5 aromatic carbocycles. The van der Waals surface area contributed by atoms with Gasteiger partial charge in [0.25, 0.3) is 0 Å². The Morgan fingerprint density at radius 1 is 0.595 bits per heavy atom. The maximum absolute atomic E-state index is 6.42. The molecule has 2 spiro atoms. The largest absolute Gasteiger partial charge is 0.309 e. The van der Waals surface area contributed by atoms with Crippen molar-refractivity contribution in [1.82, 2.24) is 4.57 Å². The highest BCUT2D eigenvalue weighted by molar-refractivity contribution is 6.32. The number of fused-ring (bicyclic) bond motifs is 11. The highest BCUT2D eigenvalue weighted by Gasteiger charge is 2.82. The molecule has 4 saturated carbocycles. The molecular formula is C40H30ClN. The van der Waals surface area contributed by atoms with Crippen LogP contribution in [0.1, 0.15) is 36.8 Å². The fourth-order valence-corrected chi connectivity index (χ4v) is 11.6. The Kier molecular flexibility index (Phi) is 4.00. The van der Waals surface area contributed by atoms with Crippen LogP contribution < -0.4 is 0 Å². The molecule has 4 fully saturated rings. The number of halogens is 1. The van der Waals surface area contributed by atoms with Gasteiger partial charge in [0, 0.05) is 26.9 Å². The molecular weight excluding hydrogens is 530 g/mol. The van der Waals surface area contributed by atoms with Gasteiger partial charge in [0.1, 0.15) is 0 Å². The molecule has 2 heteroatoms. The molecule has 5 aliphatic rings. The summed E-state index contributed by atoms with van der Waals surface area (Å²) in [4.78, 5) is 0. The summed E-state index contributed by atoms with van der Waals surface area (Å²) in [5.74, 6) is 3.68. The number of hydrogen-bond acceptors (Lipinski definition) is 0. The number of para-hydroxylation sites is 1. The van der Waals surface area contributed by atoms with Gasteiger partial charge in [-0.05, 0) is 131 Å². The van der Waals surface area contributed by atoms with Crippen LogP contribution in [0, 0.1) is 29.1 Å². The van der Waals surface area contributed by atoms with Crippen LogP contribution >= 0.6 is 11.6 Å². The number of hydrogen-bond donors (Lipinski definition) is 0. The van der Waals surface area contributed by atoms with E-state index in [4.69, 9.17) is 11.6 Å². The Bertz CT molecular complexity index is 2150. The van der Waals surface area contributed by atoms with Crippen molar-refractivity contribution in [3.8, 4) is 27.9 Å². The van der Waals surface area contributed by atoms with E-state index in [-0.39, 0.29) is 5.41 Å². The topological polar surface area (TPSA) is 4.93 Å². The van der Waals surface area contributed by atoms with Crippen LogP contribution in [0.5, 0.6) is 0 Å². The third-order valence-electron chi connectivity index (χ3n) is 12.8. The van der Waals surface area contributed by atoms with Crippen LogP contribution in [-0.2, 0) is 5.41 Å². The summed E-state index contributed by atoms with van der Waals surface area (Å²) in [5, 5.41) is 3.21. The molecule has 11 rings (SSSR count). The molecule has 0 saturated heterocycles. The molecule has 1 heterocycles. The van der Waals surface area contributed by atoms with E-state index in [1.807, 2.05) is 6.07 Å². The first-order valence-electron chi connectivity index (χ1n) is 15.7. The minimum Gasteiger partial charge on any atom is -0.309 e. The van der Waals surface area contributed by atoms with E-state index in [0.717, 1.165) is 28.7 Å². The van der Waals surface area contributed by atoms with Gasteiger partial charge in [-0.1, -0.05) is 78.3 Å². The van der Waals surface area contributed by atoms with Crippen LogP contribution in [-0.4, -0.2) is 4.57 Å². The van der Waals surface area contributed by atoms with Gasteiger partial charge < -0.3 is 4.57 Å². The SMILES string of the molecule is Clc1ccc2c(c1)c1ccccc1n2-c1ccc(-c2ccc3c(c2)C2(c4ccccc4-3)C3CC4CC5CC2C45C3)cc1. The van der Waals surface area contributed by atoms with Gasteiger partial charge in [-0.3, -0.25) is 0 Å². The van der Waals surface area contributed by atoms with E-state index in [1.54, 1.807) is 11.1 Å². The first-order valence-corrected chi connectivity index (χ1v) is 16.1.